The molecule has 19 heavy (non-hydrogen) atoms. The van der Waals surface area contributed by atoms with Crippen LogP contribution >= 0.6 is 0 Å². The van der Waals surface area contributed by atoms with E-state index in [1.54, 1.807) is 7.05 Å². The van der Waals surface area contributed by atoms with E-state index in [1.807, 2.05) is 6.92 Å². The SMILES string of the molecule is CCOC1CC(Nc2cc([N+](=O)[O-])cc(NC)n2)C1. The first-order chi connectivity index (χ1) is 9.12. The number of nitro groups is 1. The van der Waals surface area contributed by atoms with Gasteiger partial charge in [-0.2, -0.15) is 0 Å². The molecule has 0 saturated heterocycles. The van der Waals surface area contributed by atoms with Crippen molar-refractivity contribution in [2.45, 2.75) is 31.9 Å². The minimum Gasteiger partial charge on any atom is -0.378 e. The molecule has 7 nitrogen and oxygen atoms in total. The average molecular weight is 266 g/mol. The predicted molar refractivity (Wildman–Crippen MR) is 72.5 cm³/mol. The van der Waals surface area contributed by atoms with Gasteiger partial charge in [0.2, 0.25) is 0 Å². The van der Waals surface area contributed by atoms with Gasteiger partial charge in [0.25, 0.3) is 5.69 Å². The first kappa shape index (κ1) is 13.5. The second-order valence-electron chi connectivity index (χ2n) is 4.49. The number of anilines is 2. The van der Waals surface area contributed by atoms with Crippen molar-refractivity contribution >= 4 is 17.3 Å². The van der Waals surface area contributed by atoms with Gasteiger partial charge >= 0.3 is 0 Å². The molecule has 0 aromatic carbocycles. The Morgan fingerprint density at radius 3 is 2.74 bits per heavy atom. The van der Waals surface area contributed by atoms with E-state index in [9.17, 15) is 10.1 Å². The highest BCUT2D eigenvalue weighted by Gasteiger charge is 2.30. The maximum atomic E-state index is 10.8. The Morgan fingerprint density at radius 2 is 2.16 bits per heavy atom. The van der Waals surface area contributed by atoms with E-state index in [1.165, 1.54) is 12.1 Å². The van der Waals surface area contributed by atoms with E-state index in [-0.39, 0.29) is 11.7 Å². The van der Waals surface area contributed by atoms with Crippen LogP contribution in [-0.2, 0) is 4.74 Å². The van der Waals surface area contributed by atoms with Crippen molar-refractivity contribution in [3.05, 3.63) is 22.2 Å². The van der Waals surface area contributed by atoms with Gasteiger partial charge in [-0.15, -0.1) is 0 Å². The van der Waals surface area contributed by atoms with Crippen LogP contribution < -0.4 is 10.6 Å². The van der Waals surface area contributed by atoms with Crippen molar-refractivity contribution < 1.29 is 9.66 Å². The fourth-order valence-electron chi connectivity index (χ4n) is 2.09. The smallest absolute Gasteiger partial charge is 0.276 e. The molecular formula is C12H18N4O3. The van der Waals surface area contributed by atoms with E-state index < -0.39 is 4.92 Å². The molecule has 1 aromatic rings. The van der Waals surface area contributed by atoms with Crippen molar-refractivity contribution in [3.63, 3.8) is 0 Å². The van der Waals surface area contributed by atoms with E-state index in [0.717, 1.165) is 19.4 Å². The van der Waals surface area contributed by atoms with Crippen LogP contribution in [0.3, 0.4) is 0 Å². The van der Waals surface area contributed by atoms with Gasteiger partial charge in [-0.1, -0.05) is 0 Å². The van der Waals surface area contributed by atoms with Crippen molar-refractivity contribution in [1.29, 1.82) is 0 Å². The lowest BCUT2D eigenvalue weighted by atomic mass is 9.89. The van der Waals surface area contributed by atoms with Crippen LogP contribution in [-0.4, -0.2) is 35.7 Å². The molecule has 0 bridgehead atoms. The minimum atomic E-state index is -0.419. The lowest BCUT2D eigenvalue weighted by Crippen LogP contribution is -2.41. The first-order valence-electron chi connectivity index (χ1n) is 6.34. The van der Waals surface area contributed by atoms with Gasteiger partial charge in [-0.25, -0.2) is 4.98 Å². The van der Waals surface area contributed by atoms with Crippen LogP contribution in [0.15, 0.2) is 12.1 Å². The summed E-state index contributed by atoms with van der Waals surface area (Å²) in [5.74, 6) is 1.01. The third-order valence-electron chi connectivity index (χ3n) is 3.13. The Labute approximate surface area is 111 Å². The van der Waals surface area contributed by atoms with Gasteiger partial charge in [0.1, 0.15) is 11.6 Å². The van der Waals surface area contributed by atoms with Crippen LogP contribution in [0.25, 0.3) is 0 Å². The maximum absolute atomic E-state index is 10.8. The van der Waals surface area contributed by atoms with E-state index in [2.05, 4.69) is 15.6 Å². The van der Waals surface area contributed by atoms with E-state index >= 15 is 0 Å². The number of rotatable bonds is 6. The highest BCUT2D eigenvalue weighted by Crippen LogP contribution is 2.28. The van der Waals surface area contributed by atoms with Crippen LogP contribution in [0.1, 0.15) is 19.8 Å². The highest BCUT2D eigenvalue weighted by molar-refractivity contribution is 5.54. The van der Waals surface area contributed by atoms with Crippen molar-refractivity contribution in [2.75, 3.05) is 24.3 Å². The van der Waals surface area contributed by atoms with Crippen LogP contribution in [0.5, 0.6) is 0 Å². The zero-order valence-corrected chi connectivity index (χ0v) is 11.0. The predicted octanol–water partition coefficient (Wildman–Crippen LogP) is 2.01. The van der Waals surface area contributed by atoms with Gasteiger partial charge in [0.15, 0.2) is 0 Å². The first-order valence-corrected chi connectivity index (χ1v) is 6.34. The van der Waals surface area contributed by atoms with Crippen molar-refractivity contribution in [1.82, 2.24) is 4.98 Å². The molecule has 1 aromatic heterocycles. The summed E-state index contributed by atoms with van der Waals surface area (Å²) in [5.41, 5.74) is 0.0301. The van der Waals surface area contributed by atoms with Crippen molar-refractivity contribution in [3.8, 4) is 0 Å². The summed E-state index contributed by atoms with van der Waals surface area (Å²) in [6, 6.07) is 3.14. The lowest BCUT2D eigenvalue weighted by molar-refractivity contribution is -0.384. The summed E-state index contributed by atoms with van der Waals surface area (Å²) in [7, 11) is 1.68. The molecule has 1 saturated carbocycles. The zero-order valence-electron chi connectivity index (χ0n) is 11.0. The largest absolute Gasteiger partial charge is 0.378 e. The molecule has 0 radical (unpaired) electrons. The number of hydrogen-bond acceptors (Lipinski definition) is 6. The molecule has 104 valence electrons. The van der Waals surface area contributed by atoms with Gasteiger partial charge in [-0.05, 0) is 19.8 Å². The van der Waals surface area contributed by atoms with Crippen molar-refractivity contribution in [2.24, 2.45) is 0 Å². The quantitative estimate of drug-likeness (QED) is 0.604. The molecule has 1 aliphatic rings. The van der Waals surface area contributed by atoms with Gasteiger partial charge in [-0.3, -0.25) is 10.1 Å². The highest BCUT2D eigenvalue weighted by atomic mass is 16.6. The number of nitrogens with zero attached hydrogens (tertiary/aromatic N) is 2. The summed E-state index contributed by atoms with van der Waals surface area (Å²) < 4.78 is 5.47. The lowest BCUT2D eigenvalue weighted by Gasteiger charge is -2.35. The summed E-state index contributed by atoms with van der Waals surface area (Å²) in [6.07, 6.45) is 2.12. The molecule has 1 fully saturated rings. The molecule has 1 heterocycles. The third-order valence-corrected chi connectivity index (χ3v) is 3.13. The molecule has 1 aliphatic carbocycles. The van der Waals surface area contributed by atoms with Gasteiger partial charge < -0.3 is 15.4 Å². The fourth-order valence-corrected chi connectivity index (χ4v) is 2.09. The molecule has 0 aliphatic heterocycles. The minimum absolute atomic E-state index is 0.0301. The molecule has 0 spiro atoms. The molecule has 0 amide bonds. The Balaban J connectivity index is 2.00. The van der Waals surface area contributed by atoms with Gasteiger partial charge in [0, 0.05) is 19.7 Å². The summed E-state index contributed by atoms with van der Waals surface area (Å²) >= 11 is 0. The topological polar surface area (TPSA) is 89.3 Å². The Morgan fingerprint density at radius 1 is 1.47 bits per heavy atom. The molecule has 0 atom stereocenters. The molecule has 7 heteroatoms. The standard InChI is InChI=1S/C12H18N4O3/c1-3-19-10-4-8(5-10)14-12-7-9(16(17)18)6-11(13-2)15-12/h6-8,10H,3-5H2,1-2H3,(H2,13,14,15). The second kappa shape index (κ2) is 5.83. The Hall–Kier alpha value is -1.89. The monoisotopic (exact) mass is 266 g/mol. The normalized spacial score (nSPS) is 21.6. The van der Waals surface area contributed by atoms with Crippen LogP contribution in [0.4, 0.5) is 17.3 Å². The van der Waals surface area contributed by atoms with Crippen LogP contribution in [0.2, 0.25) is 0 Å². The number of hydrogen-bond donors (Lipinski definition) is 2. The Kier molecular flexibility index (Phi) is 4.16. The number of pyridine rings is 1. The second-order valence-corrected chi connectivity index (χ2v) is 4.49. The molecule has 2 N–H and O–H groups in total. The third kappa shape index (κ3) is 3.31. The zero-order chi connectivity index (χ0) is 13.8. The maximum Gasteiger partial charge on any atom is 0.276 e. The summed E-state index contributed by atoms with van der Waals surface area (Å²) in [6.45, 7) is 2.69. The number of nitrogens with one attached hydrogen (secondary N) is 2. The average Bonchev–Trinajstić information content (AvgIpc) is 2.35. The van der Waals surface area contributed by atoms with E-state index in [4.69, 9.17) is 4.74 Å². The van der Waals surface area contributed by atoms with E-state index in [0.29, 0.717) is 17.7 Å². The van der Waals surface area contributed by atoms with Gasteiger partial charge in [0.05, 0.1) is 23.2 Å². The number of aromatic nitrogens is 1. The molecule has 0 unspecified atom stereocenters. The fraction of sp³-hybridized carbons (Fsp3) is 0.583. The summed E-state index contributed by atoms with van der Waals surface area (Å²) in [5, 5.41) is 16.9. The Bertz CT molecular complexity index is 460. The summed E-state index contributed by atoms with van der Waals surface area (Å²) in [4.78, 5) is 14.7. The molecule has 2 rings (SSSR count). The number of ether oxygens (including phenoxy) is 1. The molecular weight excluding hydrogens is 248 g/mol. The van der Waals surface area contributed by atoms with Crippen LogP contribution in [0, 0.1) is 10.1 Å².